The summed E-state index contributed by atoms with van der Waals surface area (Å²) < 4.78 is 28.0. The highest BCUT2D eigenvalue weighted by Crippen LogP contribution is 2.29. The second kappa shape index (κ2) is 8.30. The third-order valence-corrected chi connectivity index (χ3v) is 5.90. The number of hydrogen-bond acceptors (Lipinski definition) is 5. The fraction of sp³-hybridized carbons (Fsp3) is 0.263. The molecule has 3 rings (SSSR count). The Hall–Kier alpha value is -2.42. The minimum absolute atomic E-state index is 0.0655. The average Bonchev–Trinajstić information content (AvgIpc) is 2.66. The number of rotatable bonds is 5. The highest BCUT2D eigenvalue weighted by molar-refractivity contribution is 7.89. The first-order valence-electron chi connectivity index (χ1n) is 8.62. The van der Waals surface area contributed by atoms with Crippen molar-refractivity contribution >= 4 is 33.5 Å². The van der Waals surface area contributed by atoms with E-state index in [0.717, 1.165) is 30.9 Å². The number of carbonyl (C=O) groups excluding carboxylic acids is 2. The maximum Gasteiger partial charge on any atom is 0.338 e. The van der Waals surface area contributed by atoms with E-state index in [2.05, 4.69) is 5.32 Å². The maximum absolute atomic E-state index is 12.2. The van der Waals surface area contributed by atoms with Crippen molar-refractivity contribution in [3.05, 3.63) is 64.2 Å². The van der Waals surface area contributed by atoms with Crippen molar-refractivity contribution in [2.45, 2.75) is 30.2 Å². The molecule has 1 atom stereocenters. The Morgan fingerprint density at radius 3 is 2.71 bits per heavy atom. The van der Waals surface area contributed by atoms with Gasteiger partial charge >= 0.3 is 5.97 Å². The van der Waals surface area contributed by atoms with Crippen LogP contribution in [0.2, 0.25) is 5.02 Å². The minimum Gasteiger partial charge on any atom is -0.452 e. The first-order valence-corrected chi connectivity index (χ1v) is 10.5. The first-order chi connectivity index (χ1) is 13.3. The number of primary sulfonamides is 1. The molecule has 0 saturated carbocycles. The van der Waals surface area contributed by atoms with Crippen molar-refractivity contribution in [2.75, 3.05) is 6.61 Å². The molecule has 0 heterocycles. The molecular weight excluding hydrogens is 404 g/mol. The van der Waals surface area contributed by atoms with Crippen molar-refractivity contribution < 1.29 is 22.7 Å². The molecule has 0 spiro atoms. The van der Waals surface area contributed by atoms with Gasteiger partial charge in [0, 0.05) is 0 Å². The average molecular weight is 423 g/mol. The lowest BCUT2D eigenvalue weighted by Crippen LogP contribution is -2.34. The molecule has 28 heavy (non-hydrogen) atoms. The van der Waals surface area contributed by atoms with Crippen LogP contribution in [-0.2, 0) is 26.0 Å². The number of sulfonamides is 1. The molecule has 0 aliphatic heterocycles. The standard InChI is InChI=1S/C19H19ClN2O5S/c20-15-9-8-13(10-17(15)28(21,25)26)19(24)27-11-18(23)22-16-7-3-5-12-4-1-2-6-14(12)16/h1-2,4,6,8-10,16H,3,5,7,11H2,(H,22,23)(H2,21,25,26)/t16-/m0/s1. The van der Waals surface area contributed by atoms with E-state index in [0.29, 0.717) is 0 Å². The SMILES string of the molecule is NS(=O)(=O)c1cc(C(=O)OCC(=O)N[C@H]2CCCc3ccccc32)ccc1Cl. The predicted molar refractivity (Wildman–Crippen MR) is 103 cm³/mol. The number of amides is 1. The molecule has 1 aliphatic rings. The molecule has 0 fully saturated rings. The Labute approximate surface area is 167 Å². The largest absolute Gasteiger partial charge is 0.452 e. The minimum atomic E-state index is -4.09. The van der Waals surface area contributed by atoms with Gasteiger partial charge in [-0.3, -0.25) is 4.79 Å². The van der Waals surface area contributed by atoms with E-state index >= 15 is 0 Å². The van der Waals surface area contributed by atoms with Gasteiger partial charge in [-0.25, -0.2) is 18.4 Å². The summed E-state index contributed by atoms with van der Waals surface area (Å²) in [5, 5.41) is 7.83. The fourth-order valence-corrected chi connectivity index (χ4v) is 4.27. The molecular formula is C19H19ClN2O5S. The molecule has 0 radical (unpaired) electrons. The molecule has 2 aromatic rings. The van der Waals surface area contributed by atoms with Crippen LogP contribution in [0.1, 0.15) is 40.4 Å². The zero-order valence-electron chi connectivity index (χ0n) is 14.9. The summed E-state index contributed by atoms with van der Waals surface area (Å²) in [5.74, 6) is -1.28. The van der Waals surface area contributed by atoms with Crippen LogP contribution in [0.3, 0.4) is 0 Å². The molecule has 0 bridgehead atoms. The van der Waals surface area contributed by atoms with Crippen molar-refractivity contribution in [3.8, 4) is 0 Å². The van der Waals surface area contributed by atoms with Crippen LogP contribution >= 0.6 is 11.6 Å². The molecule has 7 nitrogen and oxygen atoms in total. The third-order valence-electron chi connectivity index (χ3n) is 4.51. The van der Waals surface area contributed by atoms with Crippen LogP contribution in [0.4, 0.5) is 0 Å². The number of esters is 1. The van der Waals surface area contributed by atoms with E-state index in [4.69, 9.17) is 21.5 Å². The predicted octanol–water partition coefficient (Wildman–Crippen LogP) is 2.34. The van der Waals surface area contributed by atoms with Gasteiger partial charge in [-0.15, -0.1) is 0 Å². The fourth-order valence-electron chi connectivity index (χ4n) is 3.20. The quantitative estimate of drug-likeness (QED) is 0.717. The van der Waals surface area contributed by atoms with Gasteiger partial charge in [0.15, 0.2) is 6.61 Å². The smallest absolute Gasteiger partial charge is 0.338 e. The normalized spacial score (nSPS) is 16.1. The van der Waals surface area contributed by atoms with E-state index in [1.165, 1.54) is 17.7 Å². The summed E-state index contributed by atoms with van der Waals surface area (Å²) in [6, 6.07) is 11.3. The highest BCUT2D eigenvalue weighted by Gasteiger charge is 2.22. The summed E-state index contributed by atoms with van der Waals surface area (Å²) in [5.41, 5.74) is 2.21. The van der Waals surface area contributed by atoms with Gasteiger partial charge in [0.05, 0.1) is 16.6 Å². The Morgan fingerprint density at radius 1 is 1.21 bits per heavy atom. The molecule has 1 amide bonds. The number of aryl methyl sites for hydroxylation is 1. The number of carbonyl (C=O) groups is 2. The van der Waals surface area contributed by atoms with Gasteiger partial charge in [-0.05, 0) is 48.6 Å². The highest BCUT2D eigenvalue weighted by atomic mass is 35.5. The Balaban J connectivity index is 1.62. The molecule has 9 heteroatoms. The van der Waals surface area contributed by atoms with Crippen LogP contribution in [-0.4, -0.2) is 26.9 Å². The van der Waals surface area contributed by atoms with Gasteiger partial charge in [0.25, 0.3) is 5.91 Å². The summed E-state index contributed by atoms with van der Waals surface area (Å²) in [6.45, 7) is -0.481. The lowest BCUT2D eigenvalue weighted by Gasteiger charge is -2.26. The van der Waals surface area contributed by atoms with Crippen LogP contribution in [0, 0.1) is 0 Å². The van der Waals surface area contributed by atoms with Crippen LogP contribution < -0.4 is 10.5 Å². The van der Waals surface area contributed by atoms with Gasteiger partial charge in [0.2, 0.25) is 10.0 Å². The number of hydrogen-bond donors (Lipinski definition) is 2. The summed E-state index contributed by atoms with van der Waals surface area (Å²) >= 11 is 5.79. The molecule has 1 aliphatic carbocycles. The van der Waals surface area contributed by atoms with E-state index in [9.17, 15) is 18.0 Å². The van der Waals surface area contributed by atoms with Crippen molar-refractivity contribution in [2.24, 2.45) is 5.14 Å². The van der Waals surface area contributed by atoms with E-state index in [1.54, 1.807) is 0 Å². The number of nitrogens with one attached hydrogen (secondary N) is 1. The maximum atomic E-state index is 12.2. The van der Waals surface area contributed by atoms with Crippen molar-refractivity contribution in [1.82, 2.24) is 5.32 Å². The molecule has 0 aromatic heterocycles. The van der Waals surface area contributed by atoms with Gasteiger partial charge < -0.3 is 10.1 Å². The Morgan fingerprint density at radius 2 is 1.96 bits per heavy atom. The monoisotopic (exact) mass is 422 g/mol. The zero-order valence-corrected chi connectivity index (χ0v) is 16.4. The van der Waals surface area contributed by atoms with Crippen LogP contribution in [0.15, 0.2) is 47.4 Å². The third kappa shape index (κ3) is 4.70. The number of halogens is 1. The molecule has 3 N–H and O–H groups in total. The van der Waals surface area contributed by atoms with Crippen molar-refractivity contribution in [3.63, 3.8) is 0 Å². The Bertz CT molecular complexity index is 1020. The summed E-state index contributed by atoms with van der Waals surface area (Å²) in [6.07, 6.45) is 2.74. The lowest BCUT2D eigenvalue weighted by atomic mass is 9.88. The topological polar surface area (TPSA) is 116 Å². The summed E-state index contributed by atoms with van der Waals surface area (Å²) in [4.78, 5) is 24.0. The number of benzene rings is 2. The molecule has 148 valence electrons. The van der Waals surface area contributed by atoms with Crippen LogP contribution in [0.5, 0.6) is 0 Å². The molecule has 0 unspecified atom stereocenters. The van der Waals surface area contributed by atoms with E-state index < -0.39 is 28.5 Å². The molecule has 2 aromatic carbocycles. The van der Waals surface area contributed by atoms with Crippen LogP contribution in [0.25, 0.3) is 0 Å². The number of nitrogens with two attached hydrogens (primary N) is 1. The number of ether oxygens (including phenoxy) is 1. The second-order valence-electron chi connectivity index (χ2n) is 6.48. The first kappa shape index (κ1) is 20.3. The zero-order chi connectivity index (χ0) is 20.3. The summed E-state index contributed by atoms with van der Waals surface area (Å²) in [7, 11) is -4.09. The lowest BCUT2D eigenvalue weighted by molar-refractivity contribution is -0.125. The van der Waals surface area contributed by atoms with E-state index in [-0.39, 0.29) is 21.5 Å². The van der Waals surface area contributed by atoms with E-state index in [1.807, 2.05) is 24.3 Å². The van der Waals surface area contributed by atoms with Gasteiger partial charge in [-0.1, -0.05) is 35.9 Å². The van der Waals surface area contributed by atoms with Gasteiger partial charge in [-0.2, -0.15) is 0 Å². The van der Waals surface area contributed by atoms with Gasteiger partial charge in [0.1, 0.15) is 4.90 Å². The Kier molecular flexibility index (Phi) is 6.02. The molecule has 0 saturated heterocycles. The van der Waals surface area contributed by atoms with Crippen molar-refractivity contribution in [1.29, 1.82) is 0 Å². The second-order valence-corrected chi connectivity index (χ2v) is 8.41. The number of fused-ring (bicyclic) bond motifs is 1.